The van der Waals surface area contributed by atoms with E-state index in [1.807, 2.05) is 0 Å². The monoisotopic (exact) mass is 686 g/mol. The molecule has 0 bridgehead atoms. The minimum Gasteiger partial charge on any atom is -0.504 e. The summed E-state index contributed by atoms with van der Waals surface area (Å²) in [7, 11) is 8.00. The van der Waals surface area contributed by atoms with Gasteiger partial charge in [-0.2, -0.15) is 0 Å². The number of nitrogens with zero attached hydrogens (tertiary/aromatic N) is 2. The molecule has 2 N–H and O–H groups in total. The molecule has 0 fully saturated rings. The van der Waals surface area contributed by atoms with E-state index in [0.29, 0.717) is 33.3 Å². The number of carbonyl (C=O) groups excluding carboxylic acids is 4. The third-order valence-electron chi connectivity index (χ3n) is 9.00. The van der Waals surface area contributed by atoms with Gasteiger partial charge in [0.05, 0.1) is 63.5 Å². The van der Waals surface area contributed by atoms with E-state index in [1.54, 1.807) is 36.4 Å². The lowest BCUT2D eigenvalue weighted by Crippen LogP contribution is -2.35. The van der Waals surface area contributed by atoms with Gasteiger partial charge in [0, 0.05) is 49.2 Å². The fraction of sp³-hybridized carbons (Fsp3) is 0.278. The minimum atomic E-state index is -1.56. The number of esters is 2. The molecule has 1 aliphatic carbocycles. The van der Waals surface area contributed by atoms with Crippen molar-refractivity contribution < 1.29 is 48.3 Å². The van der Waals surface area contributed by atoms with E-state index in [1.165, 1.54) is 49.6 Å². The zero-order valence-corrected chi connectivity index (χ0v) is 28.1. The second-order valence-corrected chi connectivity index (χ2v) is 11.6. The Morgan fingerprint density at radius 1 is 0.620 bits per heavy atom. The summed E-state index contributed by atoms with van der Waals surface area (Å²) in [5.41, 5.74) is -2.22. The van der Waals surface area contributed by atoms with Crippen LogP contribution >= 0.6 is 0 Å². The number of carbonyl (C=O) groups is 4. The summed E-state index contributed by atoms with van der Waals surface area (Å²) in [6.07, 6.45) is -1.34. The van der Waals surface area contributed by atoms with Gasteiger partial charge in [-0.05, 0) is 47.2 Å². The second-order valence-electron chi connectivity index (χ2n) is 11.6. The van der Waals surface area contributed by atoms with Gasteiger partial charge >= 0.3 is 11.9 Å². The predicted octanol–water partition coefficient (Wildman–Crippen LogP) is 3.18. The second kappa shape index (κ2) is 13.7. The van der Waals surface area contributed by atoms with E-state index < -0.39 is 82.0 Å². The van der Waals surface area contributed by atoms with Crippen molar-refractivity contribution in [1.29, 1.82) is 0 Å². The van der Waals surface area contributed by atoms with E-state index in [2.05, 4.69) is 0 Å². The van der Waals surface area contributed by atoms with Crippen molar-refractivity contribution >= 4 is 45.3 Å². The van der Waals surface area contributed by atoms with Crippen LogP contribution in [0.5, 0.6) is 11.5 Å². The average Bonchev–Trinajstić information content (AvgIpc) is 3.12. The van der Waals surface area contributed by atoms with Gasteiger partial charge in [-0.15, -0.1) is 0 Å². The van der Waals surface area contributed by atoms with E-state index in [0.717, 1.165) is 14.2 Å². The topological polar surface area (TPSA) is 190 Å². The molecule has 0 saturated heterocycles. The molecule has 5 rings (SSSR count). The smallest absolute Gasteiger partial charge is 0.306 e. The van der Waals surface area contributed by atoms with Gasteiger partial charge in [0.2, 0.25) is 11.6 Å². The van der Waals surface area contributed by atoms with Crippen molar-refractivity contribution in [1.82, 2.24) is 9.13 Å². The van der Waals surface area contributed by atoms with Crippen molar-refractivity contribution in [2.75, 3.05) is 28.4 Å². The summed E-state index contributed by atoms with van der Waals surface area (Å²) in [4.78, 5) is 81.0. The third kappa shape index (κ3) is 5.99. The Bertz CT molecular complexity index is 2130. The van der Waals surface area contributed by atoms with Crippen LogP contribution in [-0.2, 0) is 42.7 Å². The lowest BCUT2D eigenvalue weighted by atomic mass is 9.76. The summed E-state index contributed by atoms with van der Waals surface area (Å²) in [5, 5.41) is 23.9. The van der Waals surface area contributed by atoms with Crippen molar-refractivity contribution in [3.8, 4) is 11.5 Å². The van der Waals surface area contributed by atoms with Crippen LogP contribution in [0.2, 0.25) is 0 Å². The van der Waals surface area contributed by atoms with E-state index in [4.69, 9.17) is 18.9 Å². The van der Waals surface area contributed by atoms with Gasteiger partial charge < -0.3 is 38.3 Å². The van der Waals surface area contributed by atoms with Crippen LogP contribution in [-0.4, -0.2) is 71.3 Å². The number of ketones is 2. The number of hydrogen-bond donors (Lipinski definition) is 2. The zero-order valence-electron chi connectivity index (χ0n) is 28.1. The van der Waals surface area contributed by atoms with Crippen LogP contribution in [0.1, 0.15) is 35.8 Å². The molecule has 1 aliphatic rings. The molecule has 2 aromatic heterocycles. The van der Waals surface area contributed by atoms with Crippen LogP contribution in [0.4, 0.5) is 0 Å². The Morgan fingerprint density at radius 3 is 1.30 bits per heavy atom. The van der Waals surface area contributed by atoms with Gasteiger partial charge in [-0.1, -0.05) is 0 Å². The normalized spacial score (nSPS) is 14.6. The SMILES string of the molecule is COC(=O)C[C@H](C1=C(O)C(=O)C([C@@H](CC(=O)OC)c2cc3ccc(OC)cc3n(C)c2=O)=C(O)C1=O)c1cc2ccc(OC)cc2n(C)c1=O. The lowest BCUT2D eigenvalue weighted by molar-refractivity contribution is -0.142. The van der Waals surface area contributed by atoms with Crippen LogP contribution in [0.15, 0.2) is 80.8 Å². The van der Waals surface area contributed by atoms with Gasteiger partial charge in [0.1, 0.15) is 11.5 Å². The molecule has 2 atom stereocenters. The quantitative estimate of drug-likeness (QED) is 0.183. The van der Waals surface area contributed by atoms with Crippen molar-refractivity contribution in [2.45, 2.75) is 24.7 Å². The average molecular weight is 687 g/mol. The van der Waals surface area contributed by atoms with Crippen LogP contribution in [0.25, 0.3) is 21.8 Å². The van der Waals surface area contributed by atoms with Crippen LogP contribution in [0, 0.1) is 0 Å². The Morgan fingerprint density at radius 2 is 0.980 bits per heavy atom. The first kappa shape index (κ1) is 35.1. The van der Waals surface area contributed by atoms with Crippen molar-refractivity contribution in [2.24, 2.45) is 14.1 Å². The standard InChI is InChI=1S/C36H34N2O12/c1-37-25-13-19(47-3)9-7-17(25)11-23(35(37)45)21(15-27(39)49-5)29-31(41)33(43)30(34(44)32(29)42)22(16-28(40)50-6)24-12-18-8-10-20(48-4)14-26(18)38(2)36(24)46/h7-14,21-22,41,44H,15-16H2,1-6H3/t21-,22-/m0/s1. The maximum atomic E-state index is 14.1. The number of fused-ring (bicyclic) bond motifs is 2. The highest BCUT2D eigenvalue weighted by molar-refractivity contribution is 6.24. The lowest BCUT2D eigenvalue weighted by Gasteiger charge is -2.27. The molecule has 2 heterocycles. The first-order valence-corrected chi connectivity index (χ1v) is 15.2. The van der Waals surface area contributed by atoms with Crippen LogP contribution < -0.4 is 20.6 Å². The molecular formula is C36H34N2O12. The summed E-state index contributed by atoms with van der Waals surface area (Å²) in [6, 6.07) is 12.6. The molecular weight excluding hydrogens is 652 g/mol. The number of rotatable bonds is 10. The summed E-state index contributed by atoms with van der Waals surface area (Å²) >= 11 is 0. The van der Waals surface area contributed by atoms with E-state index in [9.17, 15) is 39.0 Å². The Balaban J connectivity index is 1.71. The highest BCUT2D eigenvalue weighted by Gasteiger charge is 2.44. The zero-order chi connectivity index (χ0) is 36.6. The first-order valence-electron chi connectivity index (χ1n) is 15.2. The number of ether oxygens (including phenoxy) is 4. The minimum absolute atomic E-state index is 0.153. The first-order chi connectivity index (χ1) is 23.8. The molecule has 4 aromatic rings. The number of allylic oxidation sites excluding steroid dienone is 2. The van der Waals surface area contributed by atoms with Crippen molar-refractivity contribution in [3.63, 3.8) is 0 Å². The van der Waals surface area contributed by atoms with Crippen LogP contribution in [0.3, 0.4) is 0 Å². The number of hydrogen-bond acceptors (Lipinski definition) is 12. The molecule has 260 valence electrons. The third-order valence-corrected chi connectivity index (χ3v) is 9.00. The molecule has 0 amide bonds. The number of aliphatic hydroxyl groups is 2. The summed E-state index contributed by atoms with van der Waals surface area (Å²) in [5.74, 6) is -8.90. The fourth-order valence-corrected chi connectivity index (χ4v) is 6.29. The highest BCUT2D eigenvalue weighted by atomic mass is 16.5. The molecule has 50 heavy (non-hydrogen) atoms. The molecule has 14 nitrogen and oxygen atoms in total. The molecule has 2 aromatic carbocycles. The summed E-state index contributed by atoms with van der Waals surface area (Å²) < 4.78 is 22.7. The maximum Gasteiger partial charge on any atom is 0.306 e. The molecule has 0 spiro atoms. The van der Waals surface area contributed by atoms with Crippen molar-refractivity contribution in [3.05, 3.63) is 103 Å². The molecule has 14 heteroatoms. The number of pyridine rings is 2. The maximum absolute atomic E-state index is 14.1. The van der Waals surface area contributed by atoms with E-state index >= 15 is 0 Å². The van der Waals surface area contributed by atoms with Gasteiger partial charge in [0.15, 0.2) is 11.5 Å². The molecule has 0 unspecified atom stereocenters. The number of aliphatic hydroxyl groups excluding tert-OH is 2. The van der Waals surface area contributed by atoms with Gasteiger partial charge in [0.25, 0.3) is 11.1 Å². The number of aryl methyl sites for hydroxylation is 2. The Labute approximate surface area is 284 Å². The molecule has 0 radical (unpaired) electrons. The van der Waals surface area contributed by atoms with E-state index in [-0.39, 0.29) is 11.1 Å². The Kier molecular flexibility index (Phi) is 9.66. The Hall–Kier alpha value is -6.18. The predicted molar refractivity (Wildman–Crippen MR) is 180 cm³/mol. The largest absolute Gasteiger partial charge is 0.504 e. The van der Waals surface area contributed by atoms with Gasteiger partial charge in [-0.3, -0.25) is 28.8 Å². The number of aromatic nitrogens is 2. The highest BCUT2D eigenvalue weighted by Crippen LogP contribution is 2.41. The summed E-state index contributed by atoms with van der Waals surface area (Å²) in [6.45, 7) is 0. The molecule has 0 saturated carbocycles. The number of Topliss-reactive ketones (excluding diaryl/α,β-unsaturated/α-hetero) is 2. The number of benzene rings is 2. The number of methoxy groups -OCH3 is 4. The molecule has 0 aliphatic heterocycles. The van der Waals surface area contributed by atoms with Gasteiger partial charge in [-0.25, -0.2) is 0 Å². The fourth-order valence-electron chi connectivity index (χ4n) is 6.29.